The molecule has 0 radical (unpaired) electrons. The van der Waals surface area contributed by atoms with Crippen LogP contribution in [0.2, 0.25) is 0 Å². The molecule has 2 heterocycles. The molecule has 1 fully saturated rings. The highest BCUT2D eigenvalue weighted by molar-refractivity contribution is 8.00. The summed E-state index contributed by atoms with van der Waals surface area (Å²) in [4.78, 5) is 4.36. The molecule has 4 heteroatoms. The van der Waals surface area contributed by atoms with Crippen molar-refractivity contribution in [2.24, 2.45) is 0 Å². The quantitative estimate of drug-likeness (QED) is 0.846. The predicted octanol–water partition coefficient (Wildman–Crippen LogP) is 2.77. The van der Waals surface area contributed by atoms with Crippen molar-refractivity contribution in [2.45, 2.75) is 37.5 Å². The van der Waals surface area contributed by atoms with Crippen molar-refractivity contribution >= 4 is 23.1 Å². The second-order valence-corrected chi connectivity index (χ2v) is 6.65. The zero-order chi connectivity index (χ0) is 10.2. The number of nitrogens with zero attached hydrogens (tertiary/aromatic N) is 1. The normalized spacial score (nSPS) is 29.4. The SMILES string of the molecule is Cc1nc(C(O)C2(C)CCCS2)cs1. The Labute approximate surface area is 92.8 Å². The first-order valence-corrected chi connectivity index (χ1v) is 6.72. The number of aromatic nitrogens is 1. The van der Waals surface area contributed by atoms with E-state index in [0.29, 0.717) is 0 Å². The number of aliphatic hydroxyl groups excluding tert-OH is 1. The number of thioether (sulfide) groups is 1. The summed E-state index contributed by atoms with van der Waals surface area (Å²) in [7, 11) is 0. The van der Waals surface area contributed by atoms with Crippen LogP contribution in [0.1, 0.15) is 36.6 Å². The molecule has 2 unspecified atom stereocenters. The summed E-state index contributed by atoms with van der Waals surface area (Å²) in [5.41, 5.74) is 0.851. The molecule has 1 saturated heterocycles. The molecule has 2 nitrogen and oxygen atoms in total. The van der Waals surface area contributed by atoms with Crippen molar-refractivity contribution in [2.75, 3.05) is 5.75 Å². The third kappa shape index (κ3) is 1.83. The second kappa shape index (κ2) is 3.83. The lowest BCUT2D eigenvalue weighted by Gasteiger charge is -2.27. The van der Waals surface area contributed by atoms with E-state index in [2.05, 4.69) is 11.9 Å². The van der Waals surface area contributed by atoms with E-state index < -0.39 is 6.10 Å². The van der Waals surface area contributed by atoms with Crippen LogP contribution in [0.4, 0.5) is 0 Å². The molecule has 0 aliphatic carbocycles. The average Bonchev–Trinajstić information content (AvgIpc) is 2.74. The highest BCUT2D eigenvalue weighted by Crippen LogP contribution is 2.46. The number of aryl methyl sites for hydroxylation is 1. The maximum absolute atomic E-state index is 10.2. The first-order chi connectivity index (χ1) is 6.62. The van der Waals surface area contributed by atoms with Gasteiger partial charge in [0.25, 0.3) is 0 Å². The second-order valence-electron chi connectivity index (χ2n) is 3.96. The summed E-state index contributed by atoms with van der Waals surface area (Å²) < 4.78 is -0.0134. The molecule has 2 atom stereocenters. The standard InChI is InChI=1S/C10H15NOS2/c1-7-11-8(6-13-7)9(12)10(2)4-3-5-14-10/h6,9,12H,3-5H2,1-2H3. The molecule has 1 aromatic heterocycles. The summed E-state index contributed by atoms with van der Waals surface area (Å²) in [5, 5.41) is 13.2. The molecule has 78 valence electrons. The topological polar surface area (TPSA) is 33.1 Å². The van der Waals surface area contributed by atoms with Gasteiger partial charge in [0.1, 0.15) is 6.10 Å². The van der Waals surface area contributed by atoms with Gasteiger partial charge in [-0.3, -0.25) is 0 Å². The number of thiazole rings is 1. The first kappa shape index (κ1) is 10.5. The van der Waals surface area contributed by atoms with Gasteiger partial charge in [-0.2, -0.15) is 11.8 Å². The molecule has 0 saturated carbocycles. The number of hydrogen-bond donors (Lipinski definition) is 1. The van der Waals surface area contributed by atoms with E-state index in [1.807, 2.05) is 24.1 Å². The summed E-state index contributed by atoms with van der Waals surface area (Å²) in [6.45, 7) is 4.12. The molecule has 1 aromatic rings. The highest BCUT2D eigenvalue weighted by Gasteiger charge is 2.38. The zero-order valence-corrected chi connectivity index (χ0v) is 10.1. The van der Waals surface area contributed by atoms with Crippen molar-refractivity contribution in [3.63, 3.8) is 0 Å². The largest absolute Gasteiger partial charge is 0.385 e. The van der Waals surface area contributed by atoms with Crippen LogP contribution in [0.25, 0.3) is 0 Å². The van der Waals surface area contributed by atoms with E-state index in [4.69, 9.17) is 0 Å². The van der Waals surface area contributed by atoms with Crippen LogP contribution in [0.3, 0.4) is 0 Å². The first-order valence-electron chi connectivity index (χ1n) is 4.86. The van der Waals surface area contributed by atoms with E-state index in [1.54, 1.807) is 11.3 Å². The predicted molar refractivity (Wildman–Crippen MR) is 61.9 cm³/mol. The summed E-state index contributed by atoms with van der Waals surface area (Å²) in [6, 6.07) is 0. The minimum atomic E-state index is -0.403. The van der Waals surface area contributed by atoms with Gasteiger partial charge in [0.2, 0.25) is 0 Å². The summed E-state index contributed by atoms with van der Waals surface area (Å²) in [6.07, 6.45) is 1.90. The molecule has 14 heavy (non-hydrogen) atoms. The number of hydrogen-bond acceptors (Lipinski definition) is 4. The lowest BCUT2D eigenvalue weighted by Crippen LogP contribution is -2.26. The molecule has 1 N–H and O–H groups in total. The Balaban J connectivity index is 2.18. The van der Waals surface area contributed by atoms with Crippen LogP contribution in [-0.4, -0.2) is 20.6 Å². The van der Waals surface area contributed by atoms with Crippen LogP contribution in [0.5, 0.6) is 0 Å². The van der Waals surface area contributed by atoms with Crippen LogP contribution in [0.15, 0.2) is 5.38 Å². The molecular formula is C10H15NOS2. The zero-order valence-electron chi connectivity index (χ0n) is 8.49. The van der Waals surface area contributed by atoms with Crippen molar-refractivity contribution in [3.05, 3.63) is 16.1 Å². The van der Waals surface area contributed by atoms with E-state index >= 15 is 0 Å². The summed E-state index contributed by atoms with van der Waals surface area (Å²) in [5.74, 6) is 1.16. The molecule has 1 aliphatic rings. The van der Waals surface area contributed by atoms with Gasteiger partial charge in [-0.1, -0.05) is 0 Å². The van der Waals surface area contributed by atoms with Gasteiger partial charge < -0.3 is 5.11 Å². The number of rotatable bonds is 2. The minimum Gasteiger partial charge on any atom is -0.385 e. The Morgan fingerprint density at radius 3 is 2.93 bits per heavy atom. The molecular weight excluding hydrogens is 214 g/mol. The van der Waals surface area contributed by atoms with Gasteiger partial charge in [0.05, 0.1) is 10.7 Å². The van der Waals surface area contributed by atoms with Gasteiger partial charge >= 0.3 is 0 Å². The van der Waals surface area contributed by atoms with Gasteiger partial charge in [-0.05, 0) is 32.4 Å². The van der Waals surface area contributed by atoms with Crippen molar-refractivity contribution < 1.29 is 5.11 Å². The van der Waals surface area contributed by atoms with Crippen LogP contribution < -0.4 is 0 Å². The van der Waals surface area contributed by atoms with Gasteiger partial charge in [0.15, 0.2) is 0 Å². The van der Waals surface area contributed by atoms with Crippen LogP contribution in [-0.2, 0) is 0 Å². The molecule has 0 spiro atoms. The van der Waals surface area contributed by atoms with E-state index in [-0.39, 0.29) is 4.75 Å². The Morgan fingerprint density at radius 1 is 1.64 bits per heavy atom. The smallest absolute Gasteiger partial charge is 0.111 e. The molecule has 1 aliphatic heterocycles. The molecule has 2 rings (SSSR count). The fraction of sp³-hybridized carbons (Fsp3) is 0.700. The van der Waals surface area contributed by atoms with Gasteiger partial charge in [-0.15, -0.1) is 11.3 Å². The highest BCUT2D eigenvalue weighted by atomic mass is 32.2. The minimum absolute atomic E-state index is 0.0134. The van der Waals surface area contributed by atoms with Gasteiger partial charge in [0, 0.05) is 10.1 Å². The molecule has 0 amide bonds. The van der Waals surface area contributed by atoms with Gasteiger partial charge in [-0.25, -0.2) is 4.98 Å². The van der Waals surface area contributed by atoms with E-state index in [0.717, 1.165) is 22.9 Å². The third-order valence-electron chi connectivity index (χ3n) is 2.74. The Kier molecular flexibility index (Phi) is 2.86. The fourth-order valence-corrected chi connectivity index (χ4v) is 3.79. The number of aliphatic hydroxyl groups is 1. The summed E-state index contributed by atoms with van der Waals surface area (Å²) >= 11 is 3.48. The lowest BCUT2D eigenvalue weighted by atomic mass is 9.97. The van der Waals surface area contributed by atoms with Crippen molar-refractivity contribution in [1.29, 1.82) is 0 Å². The maximum Gasteiger partial charge on any atom is 0.111 e. The molecule has 0 aromatic carbocycles. The average molecular weight is 229 g/mol. The Bertz CT molecular complexity index is 318. The lowest BCUT2D eigenvalue weighted by molar-refractivity contribution is 0.131. The maximum atomic E-state index is 10.2. The van der Waals surface area contributed by atoms with E-state index in [9.17, 15) is 5.11 Å². The fourth-order valence-electron chi connectivity index (χ4n) is 1.83. The van der Waals surface area contributed by atoms with Crippen LogP contribution in [0, 0.1) is 6.92 Å². The third-order valence-corrected chi connectivity index (χ3v) is 5.12. The molecule has 0 bridgehead atoms. The Morgan fingerprint density at radius 2 is 2.43 bits per heavy atom. The van der Waals surface area contributed by atoms with Crippen molar-refractivity contribution in [1.82, 2.24) is 4.98 Å². The van der Waals surface area contributed by atoms with Crippen LogP contribution >= 0.6 is 23.1 Å². The Hall–Kier alpha value is -0.0600. The monoisotopic (exact) mass is 229 g/mol. The van der Waals surface area contributed by atoms with Crippen molar-refractivity contribution in [3.8, 4) is 0 Å². The van der Waals surface area contributed by atoms with E-state index in [1.165, 1.54) is 6.42 Å².